The lowest BCUT2D eigenvalue weighted by Crippen LogP contribution is -2.45. The maximum atomic E-state index is 13.2. The summed E-state index contributed by atoms with van der Waals surface area (Å²) in [7, 11) is 0. The minimum atomic E-state index is -1.22. The zero-order valence-corrected chi connectivity index (χ0v) is 21.9. The molecule has 0 radical (unpaired) electrons. The smallest absolute Gasteiger partial charge is 0.309 e. The summed E-state index contributed by atoms with van der Waals surface area (Å²) in [6.45, 7) is 10.8. The number of nitrogens with zero attached hydrogens (tertiary/aromatic N) is 1. The number of epoxide rings is 1. The number of ether oxygens (including phenoxy) is 2. The number of carbonyl (C=O) groups is 2. The SMILES string of the molecule is C/C(=C\c1csc(C)n1)[C@@H]1CC2OC2CCCC(C)C(O)C(C)C(=O)C(C)(C)C(O)CC(=O)O1. The van der Waals surface area contributed by atoms with Crippen LogP contribution in [-0.2, 0) is 19.1 Å². The quantitative estimate of drug-likeness (QED) is 0.472. The van der Waals surface area contributed by atoms with Crippen LogP contribution in [0.2, 0.25) is 0 Å². The van der Waals surface area contributed by atoms with Crippen molar-refractivity contribution in [2.24, 2.45) is 17.3 Å². The second-order valence-corrected chi connectivity index (χ2v) is 11.7. The molecule has 8 heteroatoms. The fourth-order valence-electron chi connectivity index (χ4n) is 4.78. The summed E-state index contributed by atoms with van der Waals surface area (Å²) in [4.78, 5) is 30.5. The fourth-order valence-corrected chi connectivity index (χ4v) is 5.35. The number of fused-ring (bicyclic) bond motifs is 1. The molecule has 2 aliphatic heterocycles. The third-order valence-corrected chi connectivity index (χ3v) is 8.20. The van der Waals surface area contributed by atoms with Crippen molar-refractivity contribution in [1.82, 2.24) is 4.98 Å². The summed E-state index contributed by atoms with van der Waals surface area (Å²) < 4.78 is 11.7. The molecule has 0 bridgehead atoms. The zero-order chi connectivity index (χ0) is 25.2. The number of Topliss-reactive ketones (excluding diaryl/α,β-unsaturated/α-hetero) is 1. The van der Waals surface area contributed by atoms with Gasteiger partial charge in [0.2, 0.25) is 0 Å². The molecule has 3 heterocycles. The molecule has 2 N–H and O–H groups in total. The number of cyclic esters (lactones) is 1. The number of ketones is 1. The molecule has 0 saturated carbocycles. The Morgan fingerprint density at radius 1 is 1.21 bits per heavy atom. The molecule has 190 valence electrons. The number of carbonyl (C=O) groups excluding carboxylic acids is 2. The van der Waals surface area contributed by atoms with E-state index >= 15 is 0 Å². The third kappa shape index (κ3) is 6.53. The van der Waals surface area contributed by atoms with Gasteiger partial charge in [-0.3, -0.25) is 9.59 Å². The molecule has 2 fully saturated rings. The molecule has 34 heavy (non-hydrogen) atoms. The first kappa shape index (κ1) is 27.0. The second-order valence-electron chi connectivity index (χ2n) is 10.6. The molecule has 7 nitrogen and oxygen atoms in total. The highest BCUT2D eigenvalue weighted by atomic mass is 32.1. The lowest BCUT2D eigenvalue weighted by atomic mass is 9.73. The largest absolute Gasteiger partial charge is 0.458 e. The van der Waals surface area contributed by atoms with Crippen LogP contribution < -0.4 is 0 Å². The number of hydrogen-bond donors (Lipinski definition) is 2. The average molecular weight is 494 g/mol. The fraction of sp³-hybridized carbons (Fsp3) is 0.731. The van der Waals surface area contributed by atoms with E-state index in [2.05, 4.69) is 4.98 Å². The minimum Gasteiger partial charge on any atom is -0.458 e. The summed E-state index contributed by atoms with van der Waals surface area (Å²) in [5.74, 6) is -1.52. The molecule has 3 rings (SSSR count). The van der Waals surface area contributed by atoms with Crippen LogP contribution in [0.15, 0.2) is 11.0 Å². The van der Waals surface area contributed by atoms with Gasteiger partial charge in [-0.15, -0.1) is 11.3 Å². The van der Waals surface area contributed by atoms with Gasteiger partial charge in [0.25, 0.3) is 0 Å². The monoisotopic (exact) mass is 493 g/mol. The maximum Gasteiger partial charge on any atom is 0.309 e. The van der Waals surface area contributed by atoms with Gasteiger partial charge in [-0.05, 0) is 44.3 Å². The van der Waals surface area contributed by atoms with Crippen molar-refractivity contribution in [3.05, 3.63) is 21.7 Å². The molecule has 0 spiro atoms. The molecular formula is C26H39NO6S. The van der Waals surface area contributed by atoms with Crippen molar-refractivity contribution in [3.63, 3.8) is 0 Å². The van der Waals surface area contributed by atoms with Crippen LogP contribution in [0.25, 0.3) is 6.08 Å². The van der Waals surface area contributed by atoms with Crippen LogP contribution in [0.5, 0.6) is 0 Å². The van der Waals surface area contributed by atoms with Crippen molar-refractivity contribution in [1.29, 1.82) is 0 Å². The van der Waals surface area contributed by atoms with E-state index in [0.717, 1.165) is 35.5 Å². The van der Waals surface area contributed by atoms with Crippen molar-refractivity contribution >= 4 is 29.2 Å². The Balaban J connectivity index is 1.81. The normalized spacial score (nSPS) is 36.0. The van der Waals surface area contributed by atoms with E-state index in [9.17, 15) is 19.8 Å². The molecule has 0 amide bonds. The predicted molar refractivity (Wildman–Crippen MR) is 131 cm³/mol. The van der Waals surface area contributed by atoms with Gasteiger partial charge in [-0.2, -0.15) is 0 Å². The van der Waals surface area contributed by atoms with Gasteiger partial charge in [0.15, 0.2) is 0 Å². The summed E-state index contributed by atoms with van der Waals surface area (Å²) in [5.41, 5.74) is 0.494. The minimum absolute atomic E-state index is 0.00770. The second kappa shape index (κ2) is 11.0. The molecule has 1 aromatic rings. The molecule has 1 aromatic heterocycles. The Labute approximate surface area is 206 Å². The van der Waals surface area contributed by atoms with Crippen molar-refractivity contribution in [2.45, 2.75) is 104 Å². The van der Waals surface area contributed by atoms with E-state index in [1.807, 2.05) is 32.2 Å². The zero-order valence-electron chi connectivity index (χ0n) is 21.1. The third-order valence-electron chi connectivity index (χ3n) is 7.41. The van der Waals surface area contributed by atoms with Crippen LogP contribution in [0.3, 0.4) is 0 Å². The Morgan fingerprint density at radius 2 is 1.91 bits per heavy atom. The van der Waals surface area contributed by atoms with Crippen molar-refractivity contribution in [2.75, 3.05) is 0 Å². The average Bonchev–Trinajstić information content (AvgIpc) is 3.38. The van der Waals surface area contributed by atoms with E-state index in [4.69, 9.17) is 9.47 Å². The number of aliphatic hydroxyl groups is 2. The number of aryl methyl sites for hydroxylation is 1. The Morgan fingerprint density at radius 3 is 2.56 bits per heavy atom. The maximum absolute atomic E-state index is 13.2. The van der Waals surface area contributed by atoms with E-state index in [-0.39, 0.29) is 30.3 Å². The van der Waals surface area contributed by atoms with Crippen molar-refractivity contribution in [3.8, 4) is 0 Å². The summed E-state index contributed by atoms with van der Waals surface area (Å²) in [5, 5.41) is 24.5. The first-order chi connectivity index (χ1) is 15.9. The molecular weight excluding hydrogens is 454 g/mol. The lowest BCUT2D eigenvalue weighted by molar-refractivity contribution is -0.154. The van der Waals surface area contributed by atoms with Gasteiger partial charge in [0.1, 0.15) is 11.9 Å². The van der Waals surface area contributed by atoms with Gasteiger partial charge in [0.05, 0.1) is 47.0 Å². The number of aromatic nitrogens is 1. The topological polar surface area (TPSA) is 109 Å². The standard InChI is InChI=1S/C26H39NO6S/c1-14-8-7-9-19-21(32-19)11-20(15(2)10-18-13-34-17(4)27-18)33-23(29)12-22(28)26(5,6)25(31)16(3)24(14)30/h10,13-14,16,19-22,24,28,30H,7-9,11-12H2,1-6H3/b15-10+/t14?,16?,19?,20-,21?,22?,24?/m0/s1. The van der Waals surface area contributed by atoms with E-state index < -0.39 is 35.6 Å². The number of thiazole rings is 1. The highest BCUT2D eigenvalue weighted by Gasteiger charge is 2.44. The molecule has 0 aliphatic carbocycles. The van der Waals surface area contributed by atoms with Crippen LogP contribution in [0.1, 0.15) is 77.4 Å². The first-order valence-electron chi connectivity index (χ1n) is 12.3. The Kier molecular flexibility index (Phi) is 8.71. The number of rotatable bonds is 2. The van der Waals surface area contributed by atoms with E-state index in [1.165, 1.54) is 0 Å². The van der Waals surface area contributed by atoms with Crippen LogP contribution in [-0.4, -0.2) is 57.5 Å². The first-order valence-corrected chi connectivity index (χ1v) is 13.1. The van der Waals surface area contributed by atoms with Gasteiger partial charge in [-0.1, -0.05) is 34.1 Å². The van der Waals surface area contributed by atoms with Gasteiger partial charge < -0.3 is 19.7 Å². The van der Waals surface area contributed by atoms with Gasteiger partial charge in [0, 0.05) is 17.7 Å². The summed E-state index contributed by atoms with van der Waals surface area (Å²) in [6.07, 6.45) is 2.28. The number of aliphatic hydroxyl groups excluding tert-OH is 2. The number of hydrogen-bond acceptors (Lipinski definition) is 8. The van der Waals surface area contributed by atoms with Crippen LogP contribution >= 0.6 is 11.3 Å². The van der Waals surface area contributed by atoms with Gasteiger partial charge in [-0.25, -0.2) is 4.98 Å². The van der Waals surface area contributed by atoms with E-state index in [1.54, 1.807) is 32.1 Å². The predicted octanol–water partition coefficient (Wildman–Crippen LogP) is 4.09. The lowest BCUT2D eigenvalue weighted by Gasteiger charge is -2.34. The Hall–Kier alpha value is -1.61. The summed E-state index contributed by atoms with van der Waals surface area (Å²) in [6, 6.07) is 0. The molecule has 2 aliphatic rings. The molecule has 2 saturated heterocycles. The van der Waals surface area contributed by atoms with Crippen LogP contribution in [0, 0.1) is 24.2 Å². The number of esters is 1. The van der Waals surface area contributed by atoms with E-state index in [0.29, 0.717) is 6.42 Å². The van der Waals surface area contributed by atoms with Crippen molar-refractivity contribution < 1.29 is 29.3 Å². The molecule has 0 aromatic carbocycles. The summed E-state index contributed by atoms with van der Waals surface area (Å²) >= 11 is 1.56. The highest BCUT2D eigenvalue weighted by Crippen LogP contribution is 2.36. The van der Waals surface area contributed by atoms with Gasteiger partial charge >= 0.3 is 5.97 Å². The van der Waals surface area contributed by atoms with Crippen LogP contribution in [0.4, 0.5) is 0 Å². The molecule has 6 unspecified atom stereocenters. The Bertz CT molecular complexity index is 909. The molecule has 7 atom stereocenters. The highest BCUT2D eigenvalue weighted by molar-refractivity contribution is 7.09.